The van der Waals surface area contributed by atoms with E-state index in [1.54, 1.807) is 0 Å². The molecule has 4 nitrogen and oxygen atoms in total. The maximum atomic E-state index is 13.8. The summed E-state index contributed by atoms with van der Waals surface area (Å²) >= 11 is 0. The van der Waals surface area contributed by atoms with Crippen LogP contribution in [0.25, 0.3) is 22.6 Å². The summed E-state index contributed by atoms with van der Waals surface area (Å²) < 4.78 is 32.5. The minimum atomic E-state index is -1.10. The van der Waals surface area contributed by atoms with Gasteiger partial charge in [-0.15, -0.1) is 0 Å². The zero-order valence-corrected chi connectivity index (χ0v) is 10.9. The Morgan fingerprint density at radius 2 is 1.95 bits per heavy atom. The maximum absolute atomic E-state index is 13.8. The Kier molecular flexibility index (Phi) is 2.94. The van der Waals surface area contributed by atoms with Crippen molar-refractivity contribution in [2.75, 3.05) is 0 Å². The molecule has 0 aliphatic heterocycles. The summed E-state index contributed by atoms with van der Waals surface area (Å²) in [5.74, 6) is -2.56. The quantitative estimate of drug-likeness (QED) is 0.779. The maximum Gasteiger partial charge on any atom is 0.335 e. The second kappa shape index (κ2) is 4.66. The highest BCUT2D eigenvalue weighted by Crippen LogP contribution is 2.28. The molecule has 106 valence electrons. The number of rotatable bonds is 2. The molecule has 21 heavy (non-hydrogen) atoms. The van der Waals surface area contributed by atoms with Crippen LogP contribution in [0.3, 0.4) is 0 Å². The highest BCUT2D eigenvalue weighted by Gasteiger charge is 2.16. The van der Waals surface area contributed by atoms with E-state index in [2.05, 4.69) is 4.98 Å². The first kappa shape index (κ1) is 13.2. The van der Waals surface area contributed by atoms with Crippen LogP contribution in [-0.4, -0.2) is 16.1 Å². The largest absolute Gasteiger partial charge is 0.478 e. The molecule has 6 heteroatoms. The highest BCUT2D eigenvalue weighted by molar-refractivity contribution is 5.92. The molecule has 0 spiro atoms. The average Bonchev–Trinajstić information content (AvgIpc) is 2.85. The van der Waals surface area contributed by atoms with Gasteiger partial charge in [0.15, 0.2) is 5.58 Å². The van der Waals surface area contributed by atoms with E-state index in [0.717, 1.165) is 6.07 Å². The van der Waals surface area contributed by atoms with Crippen molar-refractivity contribution in [3.63, 3.8) is 0 Å². The van der Waals surface area contributed by atoms with Crippen LogP contribution in [0.2, 0.25) is 0 Å². The van der Waals surface area contributed by atoms with Gasteiger partial charge in [-0.1, -0.05) is 0 Å². The predicted octanol–water partition coefficient (Wildman–Crippen LogP) is 3.78. The number of fused-ring (bicyclic) bond motifs is 1. The fraction of sp³-hybridized carbons (Fsp3) is 0.0667. The number of benzene rings is 2. The highest BCUT2D eigenvalue weighted by atomic mass is 19.1. The van der Waals surface area contributed by atoms with Crippen molar-refractivity contribution in [3.8, 4) is 11.5 Å². The number of aryl methyl sites for hydroxylation is 1. The second-order valence-corrected chi connectivity index (χ2v) is 4.59. The number of carboxylic acids is 1. The Labute approximate surface area is 117 Å². The van der Waals surface area contributed by atoms with Crippen molar-refractivity contribution in [1.29, 1.82) is 0 Å². The first-order chi connectivity index (χ1) is 9.95. The molecule has 1 aromatic heterocycles. The molecule has 0 saturated heterocycles. The van der Waals surface area contributed by atoms with E-state index in [1.807, 2.05) is 0 Å². The van der Waals surface area contributed by atoms with Gasteiger partial charge in [0.25, 0.3) is 0 Å². The number of oxazole rings is 1. The lowest BCUT2D eigenvalue weighted by atomic mass is 10.1. The Morgan fingerprint density at radius 1 is 1.19 bits per heavy atom. The molecule has 0 saturated carbocycles. The molecule has 0 aliphatic rings. The first-order valence-corrected chi connectivity index (χ1v) is 6.05. The van der Waals surface area contributed by atoms with Crippen molar-refractivity contribution in [2.45, 2.75) is 6.92 Å². The van der Waals surface area contributed by atoms with Gasteiger partial charge in [0.05, 0.1) is 11.1 Å². The van der Waals surface area contributed by atoms with Crippen molar-refractivity contribution >= 4 is 17.1 Å². The molecule has 0 radical (unpaired) electrons. The molecule has 0 amide bonds. The normalized spacial score (nSPS) is 11.0. The average molecular weight is 289 g/mol. The van der Waals surface area contributed by atoms with Crippen LogP contribution < -0.4 is 0 Å². The number of hydrogen-bond acceptors (Lipinski definition) is 3. The molecule has 0 bridgehead atoms. The van der Waals surface area contributed by atoms with Gasteiger partial charge in [-0.2, -0.15) is 0 Å². The topological polar surface area (TPSA) is 63.3 Å². The van der Waals surface area contributed by atoms with Gasteiger partial charge >= 0.3 is 5.97 Å². The Balaban J connectivity index is 2.17. The summed E-state index contributed by atoms with van der Waals surface area (Å²) in [5.41, 5.74) is 0.963. The van der Waals surface area contributed by atoms with Crippen LogP contribution >= 0.6 is 0 Å². The van der Waals surface area contributed by atoms with Crippen LogP contribution in [-0.2, 0) is 0 Å². The third-order valence-corrected chi connectivity index (χ3v) is 3.11. The summed E-state index contributed by atoms with van der Waals surface area (Å²) in [4.78, 5) is 15.0. The number of carboxylic acid groups (broad SMARTS) is 1. The van der Waals surface area contributed by atoms with Crippen LogP contribution in [0.15, 0.2) is 34.7 Å². The number of aromatic carboxylic acids is 1. The van der Waals surface area contributed by atoms with Crippen LogP contribution in [0.4, 0.5) is 8.78 Å². The first-order valence-electron chi connectivity index (χ1n) is 6.05. The van der Waals surface area contributed by atoms with E-state index in [9.17, 15) is 13.6 Å². The fourth-order valence-electron chi connectivity index (χ4n) is 1.99. The van der Waals surface area contributed by atoms with E-state index in [0.29, 0.717) is 5.52 Å². The molecular weight excluding hydrogens is 280 g/mol. The number of nitrogens with zero attached hydrogens (tertiary/aromatic N) is 1. The van der Waals surface area contributed by atoms with Crippen molar-refractivity contribution in [1.82, 2.24) is 4.98 Å². The predicted molar refractivity (Wildman–Crippen MR) is 71.1 cm³/mol. The molecule has 3 aromatic rings. The summed E-state index contributed by atoms with van der Waals surface area (Å²) in [6.07, 6.45) is 0. The van der Waals surface area contributed by atoms with E-state index >= 15 is 0 Å². The number of halogens is 2. The van der Waals surface area contributed by atoms with Crippen molar-refractivity contribution in [2.24, 2.45) is 0 Å². The zero-order valence-electron chi connectivity index (χ0n) is 10.9. The summed E-state index contributed by atoms with van der Waals surface area (Å²) in [6.45, 7) is 1.50. The fourth-order valence-corrected chi connectivity index (χ4v) is 1.99. The molecule has 0 aliphatic carbocycles. The second-order valence-electron chi connectivity index (χ2n) is 4.59. The van der Waals surface area contributed by atoms with Gasteiger partial charge in [-0.05, 0) is 36.8 Å². The lowest BCUT2D eigenvalue weighted by Gasteiger charge is -2.01. The summed E-state index contributed by atoms with van der Waals surface area (Å²) in [5, 5.41) is 8.92. The van der Waals surface area contributed by atoms with E-state index in [1.165, 1.54) is 31.2 Å². The van der Waals surface area contributed by atoms with Crippen LogP contribution in [0.5, 0.6) is 0 Å². The minimum absolute atomic E-state index is 0.0202. The van der Waals surface area contributed by atoms with Gasteiger partial charge in [0, 0.05) is 6.07 Å². The SMILES string of the molecule is Cc1cc(-c2nc3ccc(C(=O)O)cc3o2)c(F)cc1F. The monoisotopic (exact) mass is 289 g/mol. The van der Waals surface area contributed by atoms with Gasteiger partial charge in [-0.25, -0.2) is 18.6 Å². The van der Waals surface area contributed by atoms with Gasteiger partial charge in [0.2, 0.25) is 5.89 Å². The van der Waals surface area contributed by atoms with Crippen molar-refractivity contribution < 1.29 is 23.1 Å². The molecular formula is C15H9F2NO3. The lowest BCUT2D eigenvalue weighted by Crippen LogP contribution is -1.94. The third-order valence-electron chi connectivity index (χ3n) is 3.11. The molecule has 3 rings (SSSR count). The van der Waals surface area contributed by atoms with Gasteiger partial charge < -0.3 is 9.52 Å². The van der Waals surface area contributed by atoms with E-state index in [4.69, 9.17) is 9.52 Å². The molecule has 0 unspecified atom stereocenters. The van der Waals surface area contributed by atoms with E-state index in [-0.39, 0.29) is 28.2 Å². The zero-order chi connectivity index (χ0) is 15.1. The Morgan fingerprint density at radius 3 is 2.67 bits per heavy atom. The third kappa shape index (κ3) is 2.24. The Bertz CT molecular complexity index is 871. The summed E-state index contributed by atoms with van der Waals surface area (Å²) in [6, 6.07) is 6.22. The van der Waals surface area contributed by atoms with Crippen LogP contribution in [0, 0.1) is 18.6 Å². The van der Waals surface area contributed by atoms with Crippen LogP contribution in [0.1, 0.15) is 15.9 Å². The van der Waals surface area contributed by atoms with Crippen molar-refractivity contribution in [3.05, 3.63) is 53.1 Å². The minimum Gasteiger partial charge on any atom is -0.478 e. The molecule has 2 aromatic carbocycles. The number of carbonyl (C=O) groups is 1. The van der Waals surface area contributed by atoms with Gasteiger partial charge in [0.1, 0.15) is 17.2 Å². The van der Waals surface area contributed by atoms with Gasteiger partial charge in [-0.3, -0.25) is 0 Å². The summed E-state index contributed by atoms with van der Waals surface area (Å²) in [7, 11) is 0. The molecule has 1 N–H and O–H groups in total. The Hall–Kier alpha value is -2.76. The number of hydrogen-bond donors (Lipinski definition) is 1. The molecule has 0 atom stereocenters. The smallest absolute Gasteiger partial charge is 0.335 e. The molecule has 1 heterocycles. The number of aromatic nitrogens is 1. The van der Waals surface area contributed by atoms with E-state index < -0.39 is 17.6 Å². The lowest BCUT2D eigenvalue weighted by molar-refractivity contribution is 0.0697. The molecule has 0 fully saturated rings. The standard InChI is InChI=1S/C15H9F2NO3/c1-7-4-9(11(17)6-10(7)16)14-18-12-3-2-8(15(19)20)5-13(12)21-14/h2-6H,1H3,(H,19,20).